The number of hydrogen-bond acceptors (Lipinski definition) is 9. The Morgan fingerprint density at radius 1 is 0.806 bits per heavy atom. The quantitative estimate of drug-likeness (QED) is 0.506. The Labute approximate surface area is 183 Å². The first-order chi connectivity index (χ1) is 15.0. The summed E-state index contributed by atoms with van der Waals surface area (Å²) in [7, 11) is 7.67. The van der Waals surface area contributed by atoms with Gasteiger partial charge in [0.25, 0.3) is 5.91 Å². The zero-order valence-electron chi connectivity index (χ0n) is 17.8. The van der Waals surface area contributed by atoms with Crippen molar-refractivity contribution >= 4 is 33.8 Å². The molecule has 0 radical (unpaired) electrons. The maximum Gasteiger partial charge on any atom is 0.275 e. The van der Waals surface area contributed by atoms with Crippen molar-refractivity contribution < 1.29 is 28.5 Å². The summed E-state index contributed by atoms with van der Waals surface area (Å²) in [5, 5.41) is 8.17. The van der Waals surface area contributed by atoms with E-state index in [1.165, 1.54) is 32.7 Å². The molecule has 2 aromatic carbocycles. The van der Waals surface area contributed by atoms with Crippen molar-refractivity contribution in [3.8, 4) is 28.7 Å². The number of anilines is 3. The van der Waals surface area contributed by atoms with Gasteiger partial charge in [-0.2, -0.15) is 0 Å². The highest BCUT2D eigenvalue weighted by Gasteiger charge is 2.17. The fourth-order valence-electron chi connectivity index (χ4n) is 2.82. The van der Waals surface area contributed by atoms with E-state index in [9.17, 15) is 4.79 Å². The third-order valence-electron chi connectivity index (χ3n) is 4.29. The van der Waals surface area contributed by atoms with E-state index in [1.807, 2.05) is 6.07 Å². The maximum atomic E-state index is 12.7. The standard InChI is InChI=1S/C21H23N3O6S/c1-26-15-7-6-12(8-16(15)27-2)23-21-24-14(11-31-21)20(25)22-13-9-17(28-3)19(30-5)18(10-13)29-4/h6-11H,1-5H3,(H,22,25)(H,23,24). The maximum absolute atomic E-state index is 12.7. The number of ether oxygens (including phenoxy) is 5. The Bertz CT molecular complexity index is 1040. The molecular formula is C21H23N3O6S. The summed E-state index contributed by atoms with van der Waals surface area (Å²) in [6.07, 6.45) is 0. The summed E-state index contributed by atoms with van der Waals surface area (Å²) in [4.78, 5) is 17.0. The Morgan fingerprint density at radius 3 is 2.00 bits per heavy atom. The van der Waals surface area contributed by atoms with Crippen molar-refractivity contribution in [2.75, 3.05) is 46.2 Å². The van der Waals surface area contributed by atoms with Gasteiger partial charge < -0.3 is 34.3 Å². The van der Waals surface area contributed by atoms with Crippen LogP contribution >= 0.6 is 11.3 Å². The van der Waals surface area contributed by atoms with Crippen molar-refractivity contribution in [1.29, 1.82) is 0 Å². The lowest BCUT2D eigenvalue weighted by Gasteiger charge is -2.14. The van der Waals surface area contributed by atoms with Gasteiger partial charge in [-0.1, -0.05) is 0 Å². The summed E-state index contributed by atoms with van der Waals surface area (Å²) in [6, 6.07) is 8.70. The molecule has 0 saturated heterocycles. The summed E-state index contributed by atoms with van der Waals surface area (Å²) >= 11 is 1.30. The zero-order valence-corrected chi connectivity index (χ0v) is 18.6. The van der Waals surface area contributed by atoms with E-state index in [0.717, 1.165) is 5.69 Å². The first kappa shape index (κ1) is 22.0. The summed E-state index contributed by atoms with van der Waals surface area (Å²) < 4.78 is 26.5. The first-order valence-corrected chi connectivity index (χ1v) is 9.96. The summed E-state index contributed by atoms with van der Waals surface area (Å²) in [5.41, 5.74) is 1.51. The lowest BCUT2D eigenvalue weighted by molar-refractivity contribution is 0.102. The largest absolute Gasteiger partial charge is 0.493 e. The van der Waals surface area contributed by atoms with E-state index >= 15 is 0 Å². The molecule has 1 aromatic heterocycles. The van der Waals surface area contributed by atoms with Gasteiger partial charge in [0.1, 0.15) is 5.69 Å². The normalized spacial score (nSPS) is 10.2. The third kappa shape index (κ3) is 4.92. The molecule has 0 atom stereocenters. The van der Waals surface area contributed by atoms with Crippen molar-refractivity contribution in [2.45, 2.75) is 0 Å². The first-order valence-electron chi connectivity index (χ1n) is 9.08. The molecule has 31 heavy (non-hydrogen) atoms. The van der Waals surface area contributed by atoms with Crippen molar-refractivity contribution in [3.63, 3.8) is 0 Å². The SMILES string of the molecule is COc1ccc(Nc2nc(C(=O)Nc3cc(OC)c(OC)c(OC)c3)cs2)cc1OC. The van der Waals surface area contributed by atoms with E-state index in [4.69, 9.17) is 23.7 Å². The monoisotopic (exact) mass is 445 g/mol. The van der Waals surface area contributed by atoms with E-state index in [-0.39, 0.29) is 11.6 Å². The van der Waals surface area contributed by atoms with Crippen LogP contribution in [0.25, 0.3) is 0 Å². The molecule has 0 aliphatic heterocycles. The van der Waals surface area contributed by atoms with Crippen LogP contribution in [0.5, 0.6) is 28.7 Å². The molecule has 0 unspecified atom stereocenters. The molecule has 0 spiro atoms. The van der Waals surface area contributed by atoms with E-state index in [0.29, 0.717) is 39.6 Å². The molecule has 0 fully saturated rings. The minimum atomic E-state index is -0.370. The molecule has 164 valence electrons. The molecule has 10 heteroatoms. The molecular weight excluding hydrogens is 422 g/mol. The van der Waals surface area contributed by atoms with Crippen molar-refractivity contribution in [1.82, 2.24) is 4.98 Å². The molecule has 3 aromatic rings. The fourth-order valence-corrected chi connectivity index (χ4v) is 3.53. The van der Waals surface area contributed by atoms with Gasteiger partial charge in [0.2, 0.25) is 5.75 Å². The minimum Gasteiger partial charge on any atom is -0.493 e. The molecule has 0 bridgehead atoms. The molecule has 0 aliphatic carbocycles. The number of carbonyl (C=O) groups is 1. The Morgan fingerprint density at radius 2 is 1.42 bits per heavy atom. The molecule has 0 saturated carbocycles. The highest BCUT2D eigenvalue weighted by Crippen LogP contribution is 2.40. The van der Waals surface area contributed by atoms with Gasteiger partial charge in [0.15, 0.2) is 28.1 Å². The summed E-state index contributed by atoms with van der Waals surface area (Å²) in [6.45, 7) is 0. The number of nitrogens with one attached hydrogen (secondary N) is 2. The van der Waals surface area contributed by atoms with Crippen LogP contribution in [0.4, 0.5) is 16.5 Å². The second-order valence-corrected chi connectivity index (χ2v) is 6.96. The van der Waals surface area contributed by atoms with Gasteiger partial charge in [-0.15, -0.1) is 11.3 Å². The van der Waals surface area contributed by atoms with Gasteiger partial charge in [-0.05, 0) is 12.1 Å². The molecule has 3 rings (SSSR count). The number of hydrogen-bond donors (Lipinski definition) is 2. The van der Waals surface area contributed by atoms with Crippen LogP contribution < -0.4 is 34.3 Å². The van der Waals surface area contributed by atoms with Crippen LogP contribution in [0.3, 0.4) is 0 Å². The number of amides is 1. The van der Waals surface area contributed by atoms with Gasteiger partial charge in [-0.3, -0.25) is 4.79 Å². The minimum absolute atomic E-state index is 0.265. The van der Waals surface area contributed by atoms with Crippen molar-refractivity contribution in [3.05, 3.63) is 41.4 Å². The van der Waals surface area contributed by atoms with Crippen molar-refractivity contribution in [2.24, 2.45) is 0 Å². The number of carbonyl (C=O) groups excluding carboxylic acids is 1. The molecule has 1 amide bonds. The van der Waals surface area contributed by atoms with Crippen LogP contribution in [0, 0.1) is 0 Å². The van der Waals surface area contributed by atoms with Gasteiger partial charge >= 0.3 is 0 Å². The molecule has 1 heterocycles. The van der Waals surface area contributed by atoms with Crippen LogP contribution in [-0.2, 0) is 0 Å². The third-order valence-corrected chi connectivity index (χ3v) is 5.05. The predicted molar refractivity (Wildman–Crippen MR) is 119 cm³/mol. The van der Waals surface area contributed by atoms with Gasteiger partial charge in [0.05, 0.1) is 35.5 Å². The van der Waals surface area contributed by atoms with Crippen LogP contribution in [-0.4, -0.2) is 46.4 Å². The van der Waals surface area contributed by atoms with Crippen LogP contribution in [0.1, 0.15) is 10.5 Å². The number of benzene rings is 2. The predicted octanol–water partition coefficient (Wildman–Crippen LogP) is 4.18. The average Bonchev–Trinajstić information content (AvgIpc) is 3.26. The zero-order chi connectivity index (χ0) is 22.4. The molecule has 2 N–H and O–H groups in total. The lowest BCUT2D eigenvalue weighted by atomic mass is 10.2. The fraction of sp³-hybridized carbons (Fsp3) is 0.238. The van der Waals surface area contributed by atoms with Gasteiger partial charge in [-0.25, -0.2) is 4.98 Å². The molecule has 9 nitrogen and oxygen atoms in total. The topological polar surface area (TPSA) is 100 Å². The van der Waals surface area contributed by atoms with E-state index in [1.54, 1.807) is 43.9 Å². The number of nitrogens with zero attached hydrogens (tertiary/aromatic N) is 1. The van der Waals surface area contributed by atoms with E-state index < -0.39 is 0 Å². The van der Waals surface area contributed by atoms with E-state index in [2.05, 4.69) is 15.6 Å². The number of methoxy groups -OCH3 is 5. The average molecular weight is 445 g/mol. The molecule has 0 aliphatic rings. The van der Waals surface area contributed by atoms with Crippen LogP contribution in [0.15, 0.2) is 35.7 Å². The van der Waals surface area contributed by atoms with Crippen LogP contribution in [0.2, 0.25) is 0 Å². The second kappa shape index (κ2) is 9.90. The Balaban J connectivity index is 1.75. The lowest BCUT2D eigenvalue weighted by Crippen LogP contribution is -2.12. The number of thiazole rings is 1. The second-order valence-electron chi connectivity index (χ2n) is 6.10. The highest BCUT2D eigenvalue weighted by molar-refractivity contribution is 7.14. The Kier molecular flexibility index (Phi) is 7.03. The number of rotatable bonds is 9. The number of aromatic nitrogens is 1. The smallest absolute Gasteiger partial charge is 0.275 e. The highest BCUT2D eigenvalue weighted by atomic mass is 32.1. The van der Waals surface area contributed by atoms with Gasteiger partial charge in [0, 0.05) is 35.0 Å². The summed E-state index contributed by atoms with van der Waals surface area (Å²) in [5.74, 6) is 2.16. The Hall–Kier alpha value is -3.66.